The summed E-state index contributed by atoms with van der Waals surface area (Å²) in [5.41, 5.74) is 2.76. The average molecular weight is 576 g/mol. The highest BCUT2D eigenvalue weighted by Crippen LogP contribution is 2.35. The summed E-state index contributed by atoms with van der Waals surface area (Å²) < 4.78 is 15.9. The van der Waals surface area contributed by atoms with E-state index in [2.05, 4.69) is 5.32 Å². The van der Waals surface area contributed by atoms with Crippen LogP contribution in [0.2, 0.25) is 10.0 Å². The second-order valence-corrected chi connectivity index (χ2v) is 10.3. The van der Waals surface area contributed by atoms with Gasteiger partial charge in [0.2, 0.25) is 5.91 Å². The van der Waals surface area contributed by atoms with E-state index >= 15 is 0 Å². The molecule has 1 saturated heterocycles. The average Bonchev–Trinajstić information content (AvgIpc) is 3.32. The van der Waals surface area contributed by atoms with Gasteiger partial charge in [-0.05, 0) is 54.7 Å². The Labute approximate surface area is 240 Å². The van der Waals surface area contributed by atoms with Crippen molar-refractivity contribution in [3.8, 4) is 23.1 Å². The number of para-hydroxylation sites is 1. The summed E-state index contributed by atoms with van der Waals surface area (Å²) in [5.74, 6) is -1.18. The van der Waals surface area contributed by atoms with Crippen LogP contribution in [0.15, 0.2) is 72.8 Å². The van der Waals surface area contributed by atoms with Gasteiger partial charge in [-0.15, -0.1) is 0 Å². The van der Waals surface area contributed by atoms with E-state index in [9.17, 15) is 14.0 Å². The molecule has 4 aromatic rings. The summed E-state index contributed by atoms with van der Waals surface area (Å²) >= 11 is 12.7. The van der Waals surface area contributed by atoms with E-state index in [1.54, 1.807) is 76.4 Å². The molecule has 0 radical (unpaired) electrons. The predicted molar refractivity (Wildman–Crippen MR) is 151 cm³/mol. The number of piperidine rings is 1. The lowest BCUT2D eigenvalue weighted by Gasteiger charge is -2.32. The molecule has 0 aliphatic carbocycles. The smallest absolute Gasteiger partial charge is 0.274 e. The number of amides is 2. The second kappa shape index (κ2) is 11.9. The third-order valence-electron chi connectivity index (χ3n) is 7.04. The topological polar surface area (TPSA) is 91.0 Å². The van der Waals surface area contributed by atoms with Crippen molar-refractivity contribution in [3.63, 3.8) is 0 Å². The van der Waals surface area contributed by atoms with Crippen molar-refractivity contribution >= 4 is 35.0 Å². The minimum Gasteiger partial charge on any atom is -0.337 e. The molecule has 0 unspecified atom stereocenters. The lowest BCUT2D eigenvalue weighted by molar-refractivity contribution is -0.119. The van der Waals surface area contributed by atoms with Crippen LogP contribution in [0.4, 0.5) is 4.39 Å². The third-order valence-corrected chi connectivity index (χ3v) is 7.62. The van der Waals surface area contributed by atoms with Crippen molar-refractivity contribution in [2.24, 2.45) is 0 Å². The highest BCUT2D eigenvalue weighted by atomic mass is 35.5. The van der Waals surface area contributed by atoms with Gasteiger partial charge in [0.1, 0.15) is 5.82 Å². The number of nitrogens with one attached hydrogen (secondary N) is 1. The fourth-order valence-corrected chi connectivity index (χ4v) is 5.45. The van der Waals surface area contributed by atoms with Gasteiger partial charge in [-0.2, -0.15) is 10.4 Å². The number of benzene rings is 3. The number of nitrogens with zero attached hydrogens (tertiary/aromatic N) is 4. The highest BCUT2D eigenvalue weighted by molar-refractivity contribution is 6.32. The van der Waals surface area contributed by atoms with Crippen molar-refractivity contribution < 1.29 is 14.0 Å². The predicted octanol–water partition coefficient (Wildman–Crippen LogP) is 6.14. The highest BCUT2D eigenvalue weighted by Gasteiger charge is 2.32. The molecular weight excluding hydrogens is 552 g/mol. The van der Waals surface area contributed by atoms with Gasteiger partial charge in [-0.3, -0.25) is 14.9 Å². The third kappa shape index (κ3) is 5.57. The summed E-state index contributed by atoms with van der Waals surface area (Å²) in [5, 5.41) is 16.8. The first-order valence-electron chi connectivity index (χ1n) is 12.7. The Morgan fingerprint density at radius 2 is 1.68 bits per heavy atom. The van der Waals surface area contributed by atoms with Gasteiger partial charge in [0.25, 0.3) is 5.91 Å². The van der Waals surface area contributed by atoms with Crippen LogP contribution in [0.25, 0.3) is 16.9 Å². The number of hydrogen-bond acceptors (Lipinski definition) is 4. The Kier molecular flexibility index (Phi) is 8.15. The van der Waals surface area contributed by atoms with Gasteiger partial charge >= 0.3 is 0 Å². The van der Waals surface area contributed by atoms with Gasteiger partial charge in [-0.1, -0.05) is 65.7 Å². The molecule has 10 heteroatoms. The van der Waals surface area contributed by atoms with Crippen LogP contribution in [-0.2, 0) is 11.2 Å². The summed E-state index contributed by atoms with van der Waals surface area (Å²) in [6.07, 6.45) is 2.57. The lowest BCUT2D eigenvalue weighted by atomic mass is 9.89. The minimum absolute atomic E-state index is 0.00330. The number of carbonyl (C=O) groups excluding carboxylic acids is 2. The molecule has 2 amide bonds. The number of halogens is 3. The van der Waals surface area contributed by atoms with Gasteiger partial charge in [0.05, 0.1) is 22.8 Å². The maximum atomic E-state index is 14.4. The maximum absolute atomic E-state index is 14.4. The molecule has 1 aromatic heterocycles. The zero-order valence-electron chi connectivity index (χ0n) is 21.3. The van der Waals surface area contributed by atoms with E-state index in [1.165, 1.54) is 6.07 Å². The lowest BCUT2D eigenvalue weighted by Crippen LogP contribution is -2.39. The van der Waals surface area contributed by atoms with E-state index in [0.717, 1.165) is 0 Å². The van der Waals surface area contributed by atoms with Crippen molar-refractivity contribution in [2.45, 2.75) is 25.2 Å². The molecule has 1 aliphatic heterocycles. The first-order valence-corrected chi connectivity index (χ1v) is 13.5. The Balaban J connectivity index is 1.57. The van der Waals surface area contributed by atoms with Crippen molar-refractivity contribution in [2.75, 3.05) is 13.1 Å². The summed E-state index contributed by atoms with van der Waals surface area (Å²) in [4.78, 5) is 28.3. The maximum Gasteiger partial charge on any atom is 0.274 e. The number of rotatable bonds is 6. The summed E-state index contributed by atoms with van der Waals surface area (Å²) in [6, 6.07) is 20.7. The van der Waals surface area contributed by atoms with Crippen LogP contribution in [0.5, 0.6) is 0 Å². The largest absolute Gasteiger partial charge is 0.337 e. The Hall–Kier alpha value is -4.19. The van der Waals surface area contributed by atoms with E-state index in [4.69, 9.17) is 33.6 Å². The van der Waals surface area contributed by atoms with Crippen molar-refractivity contribution in [1.29, 1.82) is 5.26 Å². The van der Waals surface area contributed by atoms with Crippen LogP contribution < -0.4 is 5.32 Å². The molecule has 5 rings (SSSR count). The van der Waals surface area contributed by atoms with E-state index in [-0.39, 0.29) is 29.8 Å². The molecule has 0 saturated carbocycles. The quantitative estimate of drug-likeness (QED) is 0.220. The van der Waals surface area contributed by atoms with Gasteiger partial charge < -0.3 is 4.90 Å². The Morgan fingerprint density at radius 3 is 2.35 bits per heavy atom. The molecule has 3 aromatic carbocycles. The Morgan fingerprint density at radius 1 is 1.00 bits per heavy atom. The molecule has 202 valence electrons. The minimum atomic E-state index is -0.580. The standard InChI is InChI=1S/C30H24Cl2FN5O2/c31-21-11-9-20(10-12-21)29-23(17-27(39)35-18-34)28(36-38(29)26-8-4-2-6-24(26)32)30(40)37-15-13-19(14-16-37)22-5-1-3-7-25(22)33/h1-12,19H,13-17H2,(H,35,39). The van der Waals surface area contributed by atoms with Gasteiger partial charge in [-0.25, -0.2) is 9.07 Å². The SMILES string of the molecule is N#CNC(=O)Cc1c(C(=O)N2CCC(c3ccccc3F)CC2)nn(-c2ccccc2Cl)c1-c1ccc(Cl)cc1. The number of aromatic nitrogens is 2. The van der Waals surface area contributed by atoms with E-state index in [0.29, 0.717) is 64.0 Å². The van der Waals surface area contributed by atoms with Crippen LogP contribution in [0, 0.1) is 17.3 Å². The molecule has 1 N–H and O–H groups in total. The van der Waals surface area contributed by atoms with Gasteiger partial charge in [0.15, 0.2) is 11.9 Å². The zero-order chi connectivity index (χ0) is 28.2. The second-order valence-electron chi connectivity index (χ2n) is 9.47. The van der Waals surface area contributed by atoms with Crippen LogP contribution >= 0.6 is 23.2 Å². The molecule has 40 heavy (non-hydrogen) atoms. The molecule has 0 bridgehead atoms. The molecule has 7 nitrogen and oxygen atoms in total. The molecule has 1 aliphatic rings. The molecular formula is C30H24Cl2FN5O2. The fourth-order valence-electron chi connectivity index (χ4n) is 5.11. The Bertz CT molecular complexity index is 1610. The first-order chi connectivity index (χ1) is 19.4. The van der Waals surface area contributed by atoms with Crippen molar-refractivity contribution in [1.82, 2.24) is 20.0 Å². The molecule has 0 atom stereocenters. The summed E-state index contributed by atoms with van der Waals surface area (Å²) in [6.45, 7) is 0.799. The molecule has 2 heterocycles. The fraction of sp³-hybridized carbons (Fsp3) is 0.200. The van der Waals surface area contributed by atoms with Crippen LogP contribution in [0.3, 0.4) is 0 Å². The number of carbonyl (C=O) groups is 2. The van der Waals surface area contributed by atoms with E-state index in [1.807, 2.05) is 6.07 Å². The zero-order valence-corrected chi connectivity index (χ0v) is 22.8. The number of nitriles is 1. The molecule has 0 spiro atoms. The van der Waals surface area contributed by atoms with Gasteiger partial charge in [0, 0.05) is 29.2 Å². The number of hydrogen-bond donors (Lipinski definition) is 1. The molecule has 1 fully saturated rings. The first kappa shape index (κ1) is 27.4. The summed E-state index contributed by atoms with van der Waals surface area (Å²) in [7, 11) is 0. The van der Waals surface area contributed by atoms with Crippen molar-refractivity contribution in [3.05, 3.63) is 105 Å². The monoisotopic (exact) mass is 575 g/mol. The number of likely N-dealkylation sites (tertiary alicyclic amines) is 1. The van der Waals surface area contributed by atoms with E-state index < -0.39 is 5.91 Å². The normalized spacial score (nSPS) is 13.6. The van der Waals surface area contributed by atoms with Crippen LogP contribution in [0.1, 0.15) is 40.4 Å². The van der Waals surface area contributed by atoms with Crippen LogP contribution in [-0.4, -0.2) is 39.6 Å².